The van der Waals surface area contributed by atoms with Crippen LogP contribution in [-0.2, 0) is 4.79 Å². The van der Waals surface area contributed by atoms with Crippen molar-refractivity contribution in [1.29, 1.82) is 0 Å². The van der Waals surface area contributed by atoms with Crippen molar-refractivity contribution in [3.8, 4) is 22.8 Å². The summed E-state index contributed by atoms with van der Waals surface area (Å²) in [6, 6.07) is 20.6. The number of hydrogen-bond acceptors (Lipinski definition) is 5. The van der Waals surface area contributed by atoms with Crippen molar-refractivity contribution >= 4 is 39.3 Å². The summed E-state index contributed by atoms with van der Waals surface area (Å²) < 4.78 is 2.66. The quantitative estimate of drug-likeness (QED) is 0.324. The van der Waals surface area contributed by atoms with Crippen LogP contribution in [0.5, 0.6) is 5.75 Å². The van der Waals surface area contributed by atoms with Gasteiger partial charge in [-0.1, -0.05) is 52.0 Å². The third-order valence-corrected chi connectivity index (χ3v) is 6.39. The number of para-hydroxylation sites is 1. The number of nitrogens with one attached hydrogen (secondary N) is 1. The first kappa shape index (κ1) is 22.1. The van der Waals surface area contributed by atoms with Gasteiger partial charge in [-0.25, -0.2) is 0 Å². The number of carbonyl (C=O) groups excluding carboxylic acids is 1. The first-order valence-electron chi connectivity index (χ1n) is 9.92. The van der Waals surface area contributed by atoms with E-state index in [9.17, 15) is 9.90 Å². The van der Waals surface area contributed by atoms with Crippen LogP contribution in [0, 0.1) is 13.8 Å². The summed E-state index contributed by atoms with van der Waals surface area (Å²) in [5.41, 5.74) is 4.45. The van der Waals surface area contributed by atoms with Crippen molar-refractivity contribution in [3.05, 3.63) is 82.3 Å². The molecule has 32 heavy (non-hydrogen) atoms. The Labute approximate surface area is 198 Å². The molecule has 0 aliphatic carbocycles. The van der Waals surface area contributed by atoms with E-state index >= 15 is 0 Å². The summed E-state index contributed by atoms with van der Waals surface area (Å²) >= 11 is 4.73. The second-order valence-electron chi connectivity index (χ2n) is 7.27. The molecular formula is C24H21BrN4O2S. The highest BCUT2D eigenvalue weighted by atomic mass is 79.9. The number of aromatic nitrogens is 3. The highest BCUT2D eigenvalue weighted by molar-refractivity contribution is 9.10. The first-order chi connectivity index (χ1) is 15.4. The molecule has 0 fully saturated rings. The second kappa shape index (κ2) is 9.58. The number of nitrogens with zero attached hydrogens (tertiary/aromatic N) is 3. The molecule has 0 saturated carbocycles. The molecule has 1 amide bonds. The summed E-state index contributed by atoms with van der Waals surface area (Å²) in [4.78, 5) is 12.6. The first-order valence-corrected chi connectivity index (χ1v) is 11.7. The number of hydrogen-bond donors (Lipinski definition) is 2. The zero-order valence-electron chi connectivity index (χ0n) is 17.5. The lowest BCUT2D eigenvalue weighted by Gasteiger charge is -2.12. The Balaban J connectivity index is 1.61. The molecule has 0 radical (unpaired) electrons. The average molecular weight is 509 g/mol. The summed E-state index contributed by atoms with van der Waals surface area (Å²) in [5.74, 6) is 0.629. The Morgan fingerprint density at radius 1 is 1.03 bits per heavy atom. The standard InChI is InChI=1S/C24H21BrN4O2S/c1-15-8-10-18(12-16(15)2)26-22(31)14-32-24-28-27-23(20-13-17(25)9-11-21(20)30)29(24)19-6-4-3-5-7-19/h3-13,30H,14H2,1-2H3,(H,26,31). The number of anilines is 1. The summed E-state index contributed by atoms with van der Waals surface area (Å²) in [7, 11) is 0. The van der Waals surface area contributed by atoms with Crippen molar-refractivity contribution in [1.82, 2.24) is 14.8 Å². The molecular weight excluding hydrogens is 488 g/mol. The minimum atomic E-state index is -0.132. The molecule has 0 unspecified atom stereocenters. The smallest absolute Gasteiger partial charge is 0.234 e. The van der Waals surface area contributed by atoms with Crippen LogP contribution in [0.25, 0.3) is 17.1 Å². The molecule has 3 aromatic carbocycles. The maximum atomic E-state index is 12.6. The molecule has 4 aromatic rings. The number of halogens is 1. The number of rotatable bonds is 6. The highest BCUT2D eigenvalue weighted by Gasteiger charge is 2.19. The van der Waals surface area contributed by atoms with E-state index in [2.05, 4.69) is 31.4 Å². The van der Waals surface area contributed by atoms with E-state index in [1.807, 2.05) is 66.9 Å². The fraction of sp³-hybridized carbons (Fsp3) is 0.125. The van der Waals surface area contributed by atoms with Gasteiger partial charge in [0.05, 0.1) is 11.3 Å². The van der Waals surface area contributed by atoms with E-state index < -0.39 is 0 Å². The van der Waals surface area contributed by atoms with Crippen molar-refractivity contribution < 1.29 is 9.90 Å². The summed E-state index contributed by atoms with van der Waals surface area (Å²) in [6.45, 7) is 4.05. The van der Waals surface area contributed by atoms with Crippen molar-refractivity contribution in [2.24, 2.45) is 0 Å². The summed E-state index contributed by atoms with van der Waals surface area (Å²) in [6.07, 6.45) is 0. The fourth-order valence-corrected chi connectivity index (χ4v) is 4.29. The second-order valence-corrected chi connectivity index (χ2v) is 9.13. The van der Waals surface area contributed by atoms with Gasteiger partial charge >= 0.3 is 0 Å². The number of thioether (sulfide) groups is 1. The Morgan fingerprint density at radius 2 is 1.81 bits per heavy atom. The Bertz CT molecular complexity index is 1270. The Kier molecular flexibility index (Phi) is 6.62. The lowest BCUT2D eigenvalue weighted by Crippen LogP contribution is -2.14. The van der Waals surface area contributed by atoms with Crippen molar-refractivity contribution in [3.63, 3.8) is 0 Å². The topological polar surface area (TPSA) is 80.0 Å². The van der Waals surface area contributed by atoms with Crippen LogP contribution >= 0.6 is 27.7 Å². The van der Waals surface area contributed by atoms with E-state index in [0.29, 0.717) is 16.5 Å². The molecule has 0 spiro atoms. The molecule has 0 aliphatic rings. The maximum Gasteiger partial charge on any atom is 0.234 e. The van der Waals surface area contributed by atoms with Crippen LogP contribution in [0.2, 0.25) is 0 Å². The fourth-order valence-electron chi connectivity index (χ4n) is 3.18. The molecule has 1 aromatic heterocycles. The van der Waals surface area contributed by atoms with E-state index in [1.54, 1.807) is 18.2 Å². The third-order valence-electron chi connectivity index (χ3n) is 4.97. The van der Waals surface area contributed by atoms with Gasteiger partial charge in [-0.2, -0.15) is 0 Å². The molecule has 1 heterocycles. The van der Waals surface area contributed by atoms with Crippen molar-refractivity contribution in [2.75, 3.05) is 11.1 Å². The molecule has 0 bridgehead atoms. The molecule has 0 atom stereocenters. The highest BCUT2D eigenvalue weighted by Crippen LogP contribution is 2.34. The monoisotopic (exact) mass is 508 g/mol. The predicted octanol–water partition coefficient (Wildman–Crippen LogP) is 5.75. The summed E-state index contributed by atoms with van der Waals surface area (Å²) in [5, 5.41) is 22.5. The van der Waals surface area contributed by atoms with Crippen LogP contribution in [-0.4, -0.2) is 31.5 Å². The average Bonchev–Trinajstić information content (AvgIpc) is 3.21. The van der Waals surface area contributed by atoms with Gasteiger partial charge in [0.1, 0.15) is 5.75 Å². The van der Waals surface area contributed by atoms with Gasteiger partial charge < -0.3 is 10.4 Å². The van der Waals surface area contributed by atoms with Crippen LogP contribution in [0.15, 0.2) is 76.4 Å². The normalized spacial score (nSPS) is 10.8. The minimum Gasteiger partial charge on any atom is -0.507 e. The van der Waals surface area contributed by atoms with Gasteiger partial charge in [0, 0.05) is 15.8 Å². The van der Waals surface area contributed by atoms with E-state index in [4.69, 9.17) is 0 Å². The van der Waals surface area contributed by atoms with Crippen LogP contribution in [0.4, 0.5) is 5.69 Å². The third kappa shape index (κ3) is 4.87. The molecule has 8 heteroatoms. The number of aromatic hydroxyl groups is 1. The van der Waals surface area contributed by atoms with Crippen LogP contribution < -0.4 is 5.32 Å². The number of benzene rings is 3. The van der Waals surface area contributed by atoms with Gasteiger partial charge in [0.2, 0.25) is 5.91 Å². The Morgan fingerprint density at radius 3 is 2.56 bits per heavy atom. The molecule has 4 rings (SSSR count). The number of carbonyl (C=O) groups is 1. The number of amides is 1. The van der Waals surface area contributed by atoms with Crippen molar-refractivity contribution in [2.45, 2.75) is 19.0 Å². The zero-order chi connectivity index (χ0) is 22.7. The Hall–Kier alpha value is -3.10. The van der Waals surface area contributed by atoms with Gasteiger partial charge in [0.15, 0.2) is 11.0 Å². The number of aryl methyl sites for hydroxylation is 2. The lowest BCUT2D eigenvalue weighted by molar-refractivity contribution is -0.113. The predicted molar refractivity (Wildman–Crippen MR) is 131 cm³/mol. The van der Waals surface area contributed by atoms with Gasteiger partial charge in [0.25, 0.3) is 0 Å². The molecule has 0 aliphatic heterocycles. The minimum absolute atomic E-state index is 0.0989. The van der Waals surface area contributed by atoms with Crippen LogP contribution in [0.3, 0.4) is 0 Å². The molecule has 0 saturated heterocycles. The van der Waals surface area contributed by atoms with E-state index in [-0.39, 0.29) is 17.4 Å². The molecule has 2 N–H and O–H groups in total. The van der Waals surface area contributed by atoms with Gasteiger partial charge in [-0.15, -0.1) is 10.2 Å². The largest absolute Gasteiger partial charge is 0.507 e. The maximum absolute atomic E-state index is 12.6. The van der Waals surface area contributed by atoms with Gasteiger partial charge in [-0.05, 0) is 67.4 Å². The van der Waals surface area contributed by atoms with E-state index in [0.717, 1.165) is 21.4 Å². The molecule has 6 nitrogen and oxygen atoms in total. The number of phenolic OH excluding ortho intramolecular Hbond substituents is 1. The SMILES string of the molecule is Cc1ccc(NC(=O)CSc2nnc(-c3cc(Br)ccc3O)n2-c2ccccc2)cc1C. The van der Waals surface area contributed by atoms with Crippen LogP contribution in [0.1, 0.15) is 11.1 Å². The van der Waals surface area contributed by atoms with Gasteiger partial charge in [-0.3, -0.25) is 9.36 Å². The number of phenols is 1. The molecule has 162 valence electrons. The lowest BCUT2D eigenvalue weighted by atomic mass is 10.1. The zero-order valence-corrected chi connectivity index (χ0v) is 19.9. The van der Waals surface area contributed by atoms with E-state index in [1.165, 1.54) is 17.3 Å².